The fourth-order valence-corrected chi connectivity index (χ4v) is 6.10. The van der Waals surface area contributed by atoms with Gasteiger partial charge in [-0.3, -0.25) is 0 Å². The highest BCUT2D eigenvalue weighted by atomic mass is 32.2. The molecular formula is C35H50N3O3S+. The minimum Gasteiger partial charge on any atom is -0.494 e. The van der Waals surface area contributed by atoms with Crippen LogP contribution in [0, 0.1) is 0 Å². The lowest BCUT2D eigenvalue weighted by molar-refractivity contribution is -0.511. The van der Waals surface area contributed by atoms with Crippen LogP contribution in [-0.4, -0.2) is 15.0 Å². The quantitative estimate of drug-likeness (QED) is 0.0662. The Morgan fingerprint density at radius 3 is 1.48 bits per heavy atom. The van der Waals surface area contributed by atoms with Crippen molar-refractivity contribution in [2.45, 2.75) is 115 Å². The second-order valence-electron chi connectivity index (χ2n) is 11.1. The molecule has 1 heterocycles. The Hall–Kier alpha value is -3.06. The minimum absolute atomic E-state index is 0.198. The van der Waals surface area contributed by atoms with E-state index in [9.17, 15) is 8.42 Å². The van der Waals surface area contributed by atoms with Crippen LogP contribution in [0.3, 0.4) is 0 Å². The van der Waals surface area contributed by atoms with E-state index in [1.807, 2.05) is 24.3 Å². The monoisotopic (exact) mass is 592 g/mol. The van der Waals surface area contributed by atoms with E-state index >= 15 is 0 Å². The van der Waals surface area contributed by atoms with Gasteiger partial charge in [-0.05, 0) is 55.0 Å². The summed E-state index contributed by atoms with van der Waals surface area (Å²) in [5, 5.41) is 8.50. The molecule has 0 fully saturated rings. The lowest BCUT2D eigenvalue weighted by Gasteiger charge is -2.06. The van der Waals surface area contributed by atoms with Gasteiger partial charge in [0.15, 0.2) is 12.4 Å². The molecule has 0 radical (unpaired) electrons. The molecule has 0 aliphatic rings. The van der Waals surface area contributed by atoms with E-state index in [2.05, 4.69) is 17.2 Å². The van der Waals surface area contributed by atoms with Crippen molar-refractivity contribution in [2.75, 3.05) is 6.61 Å². The van der Waals surface area contributed by atoms with Crippen molar-refractivity contribution in [3.63, 3.8) is 0 Å². The highest BCUT2D eigenvalue weighted by Gasteiger charge is 2.23. The molecule has 3 rings (SSSR count). The Morgan fingerprint density at radius 2 is 1.00 bits per heavy atom. The van der Waals surface area contributed by atoms with Crippen molar-refractivity contribution >= 4 is 21.4 Å². The normalized spacial score (nSPS) is 11.7. The SMILES string of the molecule is CCCCCCCCCCCCCCCCCCOc1ccc(N=Nc2ccc(S(=O)(=O)[n+]3ccccc3)cc2)cc1. The average Bonchev–Trinajstić information content (AvgIpc) is 3.02. The molecule has 0 saturated carbocycles. The number of hydrogen-bond acceptors (Lipinski definition) is 5. The third-order valence-corrected chi connectivity index (χ3v) is 9.15. The van der Waals surface area contributed by atoms with Crippen LogP contribution in [0.5, 0.6) is 5.75 Å². The smallest absolute Gasteiger partial charge is 0.399 e. The van der Waals surface area contributed by atoms with Crippen LogP contribution in [0.1, 0.15) is 110 Å². The molecule has 42 heavy (non-hydrogen) atoms. The van der Waals surface area contributed by atoms with E-state index < -0.39 is 10.0 Å². The van der Waals surface area contributed by atoms with Gasteiger partial charge in [0.2, 0.25) is 0 Å². The molecule has 7 heteroatoms. The van der Waals surface area contributed by atoms with Gasteiger partial charge >= 0.3 is 10.0 Å². The number of pyridine rings is 1. The third-order valence-electron chi connectivity index (χ3n) is 7.48. The molecule has 6 nitrogen and oxygen atoms in total. The number of ether oxygens (including phenoxy) is 1. The summed E-state index contributed by atoms with van der Waals surface area (Å²) in [6.07, 6.45) is 24.8. The first-order valence-electron chi connectivity index (χ1n) is 16.1. The van der Waals surface area contributed by atoms with E-state index in [-0.39, 0.29) is 4.90 Å². The fourth-order valence-electron chi connectivity index (χ4n) is 4.91. The zero-order valence-electron chi connectivity index (χ0n) is 25.5. The largest absolute Gasteiger partial charge is 0.494 e. The number of nitrogens with zero attached hydrogens (tertiary/aromatic N) is 3. The number of aromatic nitrogens is 1. The fraction of sp³-hybridized carbons (Fsp3) is 0.514. The van der Waals surface area contributed by atoms with Crippen LogP contribution in [0.15, 0.2) is 94.2 Å². The number of hydrogen-bond donors (Lipinski definition) is 0. The summed E-state index contributed by atoms with van der Waals surface area (Å²) in [4.78, 5) is 0.198. The van der Waals surface area contributed by atoms with E-state index in [1.54, 1.807) is 42.5 Å². The molecule has 3 aromatic rings. The van der Waals surface area contributed by atoms with Crippen molar-refractivity contribution in [2.24, 2.45) is 10.2 Å². The Balaban J connectivity index is 1.22. The first-order chi connectivity index (χ1) is 20.6. The molecule has 0 atom stereocenters. The van der Waals surface area contributed by atoms with Crippen molar-refractivity contribution < 1.29 is 17.1 Å². The van der Waals surface area contributed by atoms with Crippen LogP contribution in [-0.2, 0) is 10.0 Å². The maximum atomic E-state index is 12.7. The second kappa shape index (κ2) is 20.0. The molecule has 0 N–H and O–H groups in total. The highest BCUT2D eigenvalue weighted by molar-refractivity contribution is 7.85. The van der Waals surface area contributed by atoms with Crippen molar-refractivity contribution in [3.8, 4) is 5.75 Å². The first-order valence-corrected chi connectivity index (χ1v) is 17.5. The number of azo groups is 1. The Bertz CT molecular complexity index is 1240. The molecule has 2 aromatic carbocycles. The standard InChI is InChI=1S/C35H50N3O3S/c1-2-3-4-5-6-7-8-9-10-11-12-13-14-15-16-20-31-41-34-25-21-32(22-26-34)36-37-33-23-27-35(28-24-33)42(39,40)38-29-18-17-19-30-38/h17-19,21-30H,2-16,20,31H2,1H3/q+1. The number of benzene rings is 2. The average molecular weight is 593 g/mol. The summed E-state index contributed by atoms with van der Waals surface area (Å²) >= 11 is 0. The van der Waals surface area contributed by atoms with Gasteiger partial charge in [0.25, 0.3) is 0 Å². The van der Waals surface area contributed by atoms with Crippen molar-refractivity contribution in [1.82, 2.24) is 0 Å². The number of unbranched alkanes of at least 4 members (excludes halogenated alkanes) is 15. The summed E-state index contributed by atoms with van der Waals surface area (Å²) in [6.45, 7) is 3.01. The molecule has 228 valence electrons. The van der Waals surface area contributed by atoms with Crippen LogP contribution in [0.2, 0.25) is 0 Å². The van der Waals surface area contributed by atoms with Gasteiger partial charge < -0.3 is 4.74 Å². The second-order valence-corrected chi connectivity index (χ2v) is 12.9. The molecule has 0 amide bonds. The maximum Gasteiger partial charge on any atom is 0.399 e. The Kier molecular flexibility index (Phi) is 15.9. The molecule has 0 spiro atoms. The van der Waals surface area contributed by atoms with Gasteiger partial charge in [0.1, 0.15) is 10.6 Å². The van der Waals surface area contributed by atoms with Gasteiger partial charge in [0.05, 0.1) is 18.0 Å². The summed E-state index contributed by atoms with van der Waals surface area (Å²) in [7, 11) is -3.62. The lowest BCUT2D eigenvalue weighted by Crippen LogP contribution is -2.41. The van der Waals surface area contributed by atoms with E-state index in [4.69, 9.17) is 4.74 Å². The Labute approximate surface area is 254 Å². The number of rotatable bonds is 22. The summed E-state index contributed by atoms with van der Waals surface area (Å²) in [6, 6.07) is 19.1. The minimum atomic E-state index is -3.62. The van der Waals surface area contributed by atoms with Gasteiger partial charge in [-0.1, -0.05) is 113 Å². The van der Waals surface area contributed by atoms with E-state index in [0.717, 1.165) is 18.8 Å². The van der Waals surface area contributed by atoms with Gasteiger partial charge in [-0.25, -0.2) is 0 Å². The van der Waals surface area contributed by atoms with Crippen molar-refractivity contribution in [1.29, 1.82) is 0 Å². The van der Waals surface area contributed by atoms with Crippen LogP contribution in [0.4, 0.5) is 11.4 Å². The molecule has 1 aromatic heterocycles. The Morgan fingerprint density at radius 1 is 0.571 bits per heavy atom. The van der Waals surface area contributed by atoms with E-state index in [0.29, 0.717) is 11.4 Å². The maximum absolute atomic E-state index is 12.7. The summed E-state index contributed by atoms with van der Waals surface area (Å²) < 4.78 is 32.5. The van der Waals surface area contributed by atoms with E-state index in [1.165, 1.54) is 113 Å². The lowest BCUT2D eigenvalue weighted by atomic mass is 10.0. The van der Waals surface area contributed by atoms with Crippen LogP contribution < -0.4 is 8.71 Å². The molecular weight excluding hydrogens is 542 g/mol. The predicted octanol–water partition coefficient (Wildman–Crippen LogP) is 10.3. The topological polar surface area (TPSA) is 72.0 Å². The zero-order valence-corrected chi connectivity index (χ0v) is 26.3. The summed E-state index contributed by atoms with van der Waals surface area (Å²) in [5.74, 6) is 0.836. The first kappa shape index (κ1) is 33.4. The van der Waals surface area contributed by atoms with Crippen LogP contribution in [0.25, 0.3) is 0 Å². The molecule has 0 saturated heterocycles. The van der Waals surface area contributed by atoms with Crippen molar-refractivity contribution in [3.05, 3.63) is 79.1 Å². The molecule has 0 bridgehead atoms. The van der Waals surface area contributed by atoms with Gasteiger partial charge in [0, 0.05) is 12.1 Å². The summed E-state index contributed by atoms with van der Waals surface area (Å²) in [5.41, 5.74) is 1.29. The molecule has 0 aliphatic heterocycles. The van der Waals surface area contributed by atoms with Gasteiger partial charge in [-0.15, -0.1) is 0 Å². The predicted molar refractivity (Wildman–Crippen MR) is 171 cm³/mol. The third kappa shape index (κ3) is 12.8. The van der Waals surface area contributed by atoms with Crippen LogP contribution >= 0.6 is 0 Å². The highest BCUT2D eigenvalue weighted by Crippen LogP contribution is 2.23. The molecule has 0 unspecified atom stereocenters. The van der Waals surface area contributed by atoms with Gasteiger partial charge in [-0.2, -0.15) is 18.6 Å². The molecule has 0 aliphatic carbocycles. The zero-order chi connectivity index (χ0) is 29.7.